The third kappa shape index (κ3) is 6.18. The van der Waals surface area contributed by atoms with Crippen LogP contribution in [-0.2, 0) is 16.0 Å². The summed E-state index contributed by atoms with van der Waals surface area (Å²) in [7, 11) is 1.80. The molecule has 1 aliphatic carbocycles. The lowest BCUT2D eigenvalue weighted by atomic mass is 10.1. The van der Waals surface area contributed by atoms with Crippen molar-refractivity contribution in [1.82, 2.24) is 20.4 Å². The van der Waals surface area contributed by atoms with Crippen molar-refractivity contribution >= 4 is 11.8 Å². The first kappa shape index (κ1) is 19.5. The van der Waals surface area contributed by atoms with Crippen LogP contribution >= 0.6 is 0 Å². The summed E-state index contributed by atoms with van der Waals surface area (Å²) in [5.41, 5.74) is 3.22. The molecule has 0 aromatic carbocycles. The van der Waals surface area contributed by atoms with Gasteiger partial charge in [-0.15, -0.1) is 0 Å². The number of hydrogen-bond donors (Lipinski definition) is 2. The van der Waals surface area contributed by atoms with Gasteiger partial charge in [-0.3, -0.25) is 14.7 Å². The van der Waals surface area contributed by atoms with E-state index < -0.39 is 0 Å². The lowest BCUT2D eigenvalue weighted by molar-refractivity contribution is -0.132. The van der Waals surface area contributed by atoms with Gasteiger partial charge in [-0.2, -0.15) is 5.10 Å². The summed E-state index contributed by atoms with van der Waals surface area (Å²) < 4.78 is 0. The fourth-order valence-corrected chi connectivity index (χ4v) is 3.48. The van der Waals surface area contributed by atoms with E-state index in [1.165, 1.54) is 31.2 Å². The van der Waals surface area contributed by atoms with Gasteiger partial charge in [0, 0.05) is 38.2 Å². The Hall–Kier alpha value is -1.85. The van der Waals surface area contributed by atoms with E-state index in [1.807, 2.05) is 13.8 Å². The molecule has 2 rings (SSSR count). The summed E-state index contributed by atoms with van der Waals surface area (Å²) in [4.78, 5) is 26.0. The van der Waals surface area contributed by atoms with Gasteiger partial charge in [0.25, 0.3) is 0 Å². The molecule has 1 aromatic rings. The smallest absolute Gasteiger partial charge is 0.222 e. The Morgan fingerprint density at radius 1 is 1.16 bits per heavy atom. The first-order chi connectivity index (χ1) is 12.0. The van der Waals surface area contributed by atoms with Crippen molar-refractivity contribution in [2.24, 2.45) is 0 Å². The summed E-state index contributed by atoms with van der Waals surface area (Å²) in [6.45, 7) is 4.61. The van der Waals surface area contributed by atoms with Crippen molar-refractivity contribution < 1.29 is 9.59 Å². The number of amides is 2. The topological polar surface area (TPSA) is 78.1 Å². The van der Waals surface area contributed by atoms with Gasteiger partial charge in [0.1, 0.15) is 0 Å². The first-order valence-electron chi connectivity index (χ1n) is 9.51. The Kier molecular flexibility index (Phi) is 7.47. The van der Waals surface area contributed by atoms with Gasteiger partial charge in [-0.25, -0.2) is 0 Å². The summed E-state index contributed by atoms with van der Waals surface area (Å²) in [6.07, 6.45) is 8.41. The maximum atomic E-state index is 12.2. The Morgan fingerprint density at radius 2 is 1.84 bits per heavy atom. The molecule has 6 nitrogen and oxygen atoms in total. The molecule has 6 heteroatoms. The molecular weight excluding hydrogens is 316 g/mol. The van der Waals surface area contributed by atoms with Crippen LogP contribution in [0.4, 0.5) is 0 Å². The highest BCUT2D eigenvalue weighted by Crippen LogP contribution is 2.17. The van der Waals surface area contributed by atoms with E-state index in [2.05, 4.69) is 15.5 Å². The van der Waals surface area contributed by atoms with E-state index in [-0.39, 0.29) is 24.7 Å². The Bertz CT molecular complexity index is 554. The zero-order valence-corrected chi connectivity index (χ0v) is 15.9. The minimum absolute atomic E-state index is 0.00942. The monoisotopic (exact) mass is 348 g/mol. The van der Waals surface area contributed by atoms with Crippen LogP contribution in [0.5, 0.6) is 0 Å². The highest BCUT2D eigenvalue weighted by atomic mass is 16.2. The maximum absolute atomic E-state index is 12.2. The molecule has 0 atom stereocenters. The number of H-pyrrole nitrogens is 1. The molecule has 1 saturated carbocycles. The quantitative estimate of drug-likeness (QED) is 0.744. The van der Waals surface area contributed by atoms with E-state index >= 15 is 0 Å². The SMILES string of the molecule is Cc1n[nH]c(C)c1CCN(C)C(=O)CCC(=O)NC1CCCCCC1. The number of nitrogens with zero attached hydrogens (tertiary/aromatic N) is 2. The summed E-state index contributed by atoms with van der Waals surface area (Å²) in [5.74, 6) is 0.0324. The highest BCUT2D eigenvalue weighted by molar-refractivity contribution is 5.83. The molecule has 2 N–H and O–H groups in total. The minimum atomic E-state index is 0.00942. The van der Waals surface area contributed by atoms with E-state index in [4.69, 9.17) is 0 Å². The van der Waals surface area contributed by atoms with Gasteiger partial charge in [0.15, 0.2) is 0 Å². The molecule has 0 saturated heterocycles. The second-order valence-electron chi connectivity index (χ2n) is 7.23. The van der Waals surface area contributed by atoms with E-state index in [9.17, 15) is 9.59 Å². The number of carbonyl (C=O) groups is 2. The van der Waals surface area contributed by atoms with Crippen LogP contribution in [0.2, 0.25) is 0 Å². The molecule has 0 aliphatic heterocycles. The van der Waals surface area contributed by atoms with E-state index in [0.29, 0.717) is 12.6 Å². The summed E-state index contributed by atoms with van der Waals surface area (Å²) in [6, 6.07) is 0.301. The fraction of sp³-hybridized carbons (Fsp3) is 0.737. The van der Waals surface area contributed by atoms with Crippen LogP contribution in [0, 0.1) is 13.8 Å². The summed E-state index contributed by atoms with van der Waals surface area (Å²) >= 11 is 0. The predicted molar refractivity (Wildman–Crippen MR) is 98.3 cm³/mol. The van der Waals surface area contributed by atoms with Gasteiger partial charge >= 0.3 is 0 Å². The average molecular weight is 348 g/mol. The van der Waals surface area contributed by atoms with Crippen molar-refractivity contribution in [2.75, 3.05) is 13.6 Å². The predicted octanol–water partition coefficient (Wildman–Crippen LogP) is 2.65. The van der Waals surface area contributed by atoms with Crippen LogP contribution in [0.15, 0.2) is 0 Å². The Morgan fingerprint density at radius 3 is 2.44 bits per heavy atom. The number of rotatable bonds is 7. The highest BCUT2D eigenvalue weighted by Gasteiger charge is 2.17. The molecule has 140 valence electrons. The molecule has 0 unspecified atom stereocenters. The number of aromatic amines is 1. The van der Waals surface area contributed by atoms with Crippen molar-refractivity contribution in [2.45, 2.75) is 77.7 Å². The van der Waals surface area contributed by atoms with Gasteiger partial charge in [-0.1, -0.05) is 25.7 Å². The molecule has 1 aliphatic rings. The normalized spacial score (nSPS) is 15.6. The fourth-order valence-electron chi connectivity index (χ4n) is 3.48. The Labute approximate surface area is 150 Å². The molecule has 0 radical (unpaired) electrons. The minimum Gasteiger partial charge on any atom is -0.353 e. The number of hydrogen-bond acceptors (Lipinski definition) is 3. The second kappa shape index (κ2) is 9.59. The van der Waals surface area contributed by atoms with Gasteiger partial charge in [0.05, 0.1) is 5.69 Å². The van der Waals surface area contributed by atoms with Crippen LogP contribution in [0.25, 0.3) is 0 Å². The number of likely N-dealkylation sites (N-methyl/N-ethyl adjacent to an activating group) is 1. The number of carbonyl (C=O) groups excluding carboxylic acids is 2. The third-order valence-corrected chi connectivity index (χ3v) is 5.19. The Balaban J connectivity index is 1.68. The van der Waals surface area contributed by atoms with Crippen LogP contribution in [0.3, 0.4) is 0 Å². The van der Waals surface area contributed by atoms with Crippen LogP contribution in [-0.4, -0.2) is 46.5 Å². The maximum Gasteiger partial charge on any atom is 0.222 e. The summed E-state index contributed by atoms with van der Waals surface area (Å²) in [5, 5.41) is 10.2. The number of aromatic nitrogens is 2. The first-order valence-corrected chi connectivity index (χ1v) is 9.51. The van der Waals surface area contributed by atoms with Gasteiger partial charge < -0.3 is 10.2 Å². The van der Waals surface area contributed by atoms with Crippen LogP contribution < -0.4 is 5.32 Å². The van der Waals surface area contributed by atoms with Gasteiger partial charge in [-0.05, 0) is 38.7 Å². The van der Waals surface area contributed by atoms with E-state index in [0.717, 1.165) is 30.7 Å². The van der Waals surface area contributed by atoms with Crippen molar-refractivity contribution in [1.29, 1.82) is 0 Å². The molecular formula is C19H32N4O2. The molecule has 0 spiro atoms. The number of nitrogens with one attached hydrogen (secondary N) is 2. The van der Waals surface area contributed by atoms with Crippen molar-refractivity contribution in [3.8, 4) is 0 Å². The lowest BCUT2D eigenvalue weighted by Gasteiger charge is -2.19. The largest absolute Gasteiger partial charge is 0.353 e. The number of aryl methyl sites for hydroxylation is 2. The molecule has 1 heterocycles. The molecule has 25 heavy (non-hydrogen) atoms. The molecule has 0 bridgehead atoms. The average Bonchev–Trinajstić information content (AvgIpc) is 2.79. The zero-order chi connectivity index (χ0) is 18.2. The molecule has 2 amide bonds. The lowest BCUT2D eigenvalue weighted by Crippen LogP contribution is -2.35. The molecule has 1 fully saturated rings. The standard InChI is InChI=1S/C19H32N4O2/c1-14-17(15(2)22-21-14)12-13-23(3)19(25)11-10-18(24)20-16-8-6-4-5-7-9-16/h16H,4-13H2,1-3H3,(H,20,24)(H,21,22). The molecule has 1 aromatic heterocycles. The van der Waals surface area contributed by atoms with Crippen molar-refractivity contribution in [3.63, 3.8) is 0 Å². The van der Waals surface area contributed by atoms with Crippen molar-refractivity contribution in [3.05, 3.63) is 17.0 Å². The second-order valence-corrected chi connectivity index (χ2v) is 7.23. The zero-order valence-electron chi connectivity index (χ0n) is 15.9. The van der Waals surface area contributed by atoms with Crippen LogP contribution in [0.1, 0.15) is 68.3 Å². The van der Waals surface area contributed by atoms with E-state index in [1.54, 1.807) is 11.9 Å². The van der Waals surface area contributed by atoms with Gasteiger partial charge in [0.2, 0.25) is 11.8 Å². The third-order valence-electron chi connectivity index (χ3n) is 5.19.